The maximum absolute atomic E-state index is 10.8. The van der Waals surface area contributed by atoms with Gasteiger partial charge in [0, 0.05) is 25.8 Å². The van der Waals surface area contributed by atoms with Crippen LogP contribution in [0.3, 0.4) is 0 Å². The number of halogens is 1. The molecule has 18 heavy (non-hydrogen) atoms. The van der Waals surface area contributed by atoms with E-state index in [0.717, 1.165) is 26.1 Å². The summed E-state index contributed by atoms with van der Waals surface area (Å²) in [5, 5.41) is 14.1. The van der Waals surface area contributed by atoms with E-state index >= 15 is 0 Å². The maximum atomic E-state index is 10.8. The van der Waals surface area contributed by atoms with Crippen molar-refractivity contribution in [1.29, 1.82) is 0 Å². The first-order valence-corrected chi connectivity index (χ1v) is 6.17. The van der Waals surface area contributed by atoms with Crippen molar-refractivity contribution in [3.63, 3.8) is 0 Å². The van der Waals surface area contributed by atoms with Crippen molar-refractivity contribution in [2.24, 2.45) is 5.92 Å². The van der Waals surface area contributed by atoms with Crippen LogP contribution in [0.5, 0.6) is 0 Å². The summed E-state index contributed by atoms with van der Waals surface area (Å²) in [7, 11) is 0. The molecule has 2 heterocycles. The van der Waals surface area contributed by atoms with E-state index in [4.69, 9.17) is 16.3 Å². The van der Waals surface area contributed by atoms with Crippen molar-refractivity contribution >= 4 is 23.1 Å². The molecule has 1 fully saturated rings. The van der Waals surface area contributed by atoms with Crippen molar-refractivity contribution in [3.05, 3.63) is 27.4 Å². The van der Waals surface area contributed by atoms with Gasteiger partial charge in [-0.3, -0.25) is 10.1 Å². The Hall–Kier alpha value is -1.40. The van der Waals surface area contributed by atoms with Crippen LogP contribution in [0.15, 0.2) is 12.1 Å². The molecule has 1 aromatic rings. The molecule has 0 atom stereocenters. The Morgan fingerprint density at radius 2 is 2.22 bits per heavy atom. The van der Waals surface area contributed by atoms with Gasteiger partial charge in [-0.1, -0.05) is 11.6 Å². The molecular weight excluding hydrogens is 258 g/mol. The fourth-order valence-electron chi connectivity index (χ4n) is 1.90. The molecule has 7 heteroatoms. The fraction of sp³-hybridized carbons (Fsp3) is 0.545. The van der Waals surface area contributed by atoms with Crippen molar-refractivity contribution in [2.45, 2.75) is 12.8 Å². The Balaban J connectivity index is 2.03. The van der Waals surface area contributed by atoms with Gasteiger partial charge in [0.15, 0.2) is 0 Å². The van der Waals surface area contributed by atoms with E-state index in [-0.39, 0.29) is 16.7 Å². The van der Waals surface area contributed by atoms with Gasteiger partial charge in [-0.25, -0.2) is 4.98 Å². The largest absolute Gasteiger partial charge is 0.381 e. The zero-order valence-corrected chi connectivity index (χ0v) is 10.5. The molecule has 0 aliphatic carbocycles. The zero-order chi connectivity index (χ0) is 13.0. The van der Waals surface area contributed by atoms with Crippen LogP contribution in [0.4, 0.5) is 11.5 Å². The highest BCUT2D eigenvalue weighted by atomic mass is 35.5. The minimum absolute atomic E-state index is 0.0496. The summed E-state index contributed by atoms with van der Waals surface area (Å²) in [6, 6.07) is 2.78. The standard InChI is InChI=1S/C11H14ClN3O3/c12-10-2-1-9(15(16)17)11(14-10)13-7-8-3-5-18-6-4-8/h1-2,8H,3-7H2,(H,13,14). The van der Waals surface area contributed by atoms with Gasteiger partial charge in [0.2, 0.25) is 5.82 Å². The Morgan fingerprint density at radius 1 is 1.50 bits per heavy atom. The summed E-state index contributed by atoms with van der Waals surface area (Å²) in [6.45, 7) is 2.15. The highest BCUT2D eigenvalue weighted by Gasteiger charge is 2.18. The normalized spacial score (nSPS) is 16.5. The van der Waals surface area contributed by atoms with Gasteiger partial charge in [0.05, 0.1) is 4.92 Å². The topological polar surface area (TPSA) is 77.3 Å². The molecule has 0 bridgehead atoms. The molecule has 1 aliphatic heterocycles. The minimum Gasteiger partial charge on any atom is -0.381 e. The van der Waals surface area contributed by atoms with Gasteiger partial charge < -0.3 is 10.1 Å². The van der Waals surface area contributed by atoms with E-state index in [9.17, 15) is 10.1 Å². The van der Waals surface area contributed by atoms with Gasteiger partial charge in [0.25, 0.3) is 0 Å². The van der Waals surface area contributed by atoms with Crippen LogP contribution >= 0.6 is 11.6 Å². The number of nitrogens with one attached hydrogen (secondary N) is 1. The number of hydrogen-bond donors (Lipinski definition) is 1. The van der Waals surface area contributed by atoms with E-state index < -0.39 is 4.92 Å². The summed E-state index contributed by atoms with van der Waals surface area (Å²) in [4.78, 5) is 14.3. The maximum Gasteiger partial charge on any atom is 0.311 e. The number of nitro groups is 1. The van der Waals surface area contributed by atoms with Crippen molar-refractivity contribution < 1.29 is 9.66 Å². The number of rotatable bonds is 4. The SMILES string of the molecule is O=[N+]([O-])c1ccc(Cl)nc1NCC1CCOCC1. The molecule has 0 radical (unpaired) electrons. The molecule has 0 unspecified atom stereocenters. The summed E-state index contributed by atoms with van der Waals surface area (Å²) in [6.07, 6.45) is 1.92. The second-order valence-corrected chi connectivity index (χ2v) is 4.58. The number of nitrogens with zero attached hydrogens (tertiary/aromatic N) is 2. The zero-order valence-electron chi connectivity index (χ0n) is 9.76. The van der Waals surface area contributed by atoms with Gasteiger partial charge in [-0.05, 0) is 24.8 Å². The molecule has 98 valence electrons. The van der Waals surface area contributed by atoms with Gasteiger partial charge in [0.1, 0.15) is 5.15 Å². The van der Waals surface area contributed by atoms with Crippen LogP contribution < -0.4 is 5.32 Å². The van der Waals surface area contributed by atoms with E-state index in [1.807, 2.05) is 0 Å². The first-order chi connectivity index (χ1) is 8.66. The highest BCUT2D eigenvalue weighted by molar-refractivity contribution is 6.29. The number of hydrogen-bond acceptors (Lipinski definition) is 5. The summed E-state index contributed by atoms with van der Waals surface area (Å²) < 4.78 is 5.26. The van der Waals surface area contributed by atoms with Crippen LogP contribution in [0, 0.1) is 16.0 Å². The third-order valence-electron chi connectivity index (χ3n) is 2.94. The lowest BCUT2D eigenvalue weighted by Gasteiger charge is -2.22. The lowest BCUT2D eigenvalue weighted by atomic mass is 10.0. The number of anilines is 1. The molecule has 1 aliphatic rings. The van der Waals surface area contributed by atoms with Crippen LogP contribution in [0.2, 0.25) is 5.15 Å². The number of ether oxygens (including phenoxy) is 1. The van der Waals surface area contributed by atoms with E-state index in [1.165, 1.54) is 12.1 Å². The highest BCUT2D eigenvalue weighted by Crippen LogP contribution is 2.25. The number of aromatic nitrogens is 1. The third kappa shape index (κ3) is 3.30. The van der Waals surface area contributed by atoms with Crippen LogP contribution in [0.1, 0.15) is 12.8 Å². The lowest BCUT2D eigenvalue weighted by molar-refractivity contribution is -0.384. The minimum atomic E-state index is -0.463. The Bertz CT molecular complexity index is 436. The van der Waals surface area contributed by atoms with E-state index in [1.54, 1.807) is 0 Å². The van der Waals surface area contributed by atoms with Crippen LogP contribution in [-0.2, 0) is 4.74 Å². The predicted octanol–water partition coefficient (Wildman–Crippen LogP) is 2.48. The second kappa shape index (κ2) is 5.97. The number of pyridine rings is 1. The van der Waals surface area contributed by atoms with Gasteiger partial charge in [-0.2, -0.15) is 0 Å². The average Bonchev–Trinajstić information content (AvgIpc) is 2.37. The van der Waals surface area contributed by atoms with Gasteiger partial charge in [-0.15, -0.1) is 0 Å². The molecule has 1 N–H and O–H groups in total. The van der Waals surface area contributed by atoms with Crippen molar-refractivity contribution in [1.82, 2.24) is 4.98 Å². The van der Waals surface area contributed by atoms with E-state index in [0.29, 0.717) is 12.5 Å². The smallest absolute Gasteiger partial charge is 0.311 e. The summed E-state index contributed by atoms with van der Waals surface area (Å²) in [5.41, 5.74) is -0.0496. The molecule has 0 amide bonds. The first-order valence-electron chi connectivity index (χ1n) is 5.79. The molecule has 0 spiro atoms. The monoisotopic (exact) mass is 271 g/mol. The fourth-order valence-corrected chi connectivity index (χ4v) is 2.04. The first kappa shape index (κ1) is 13.0. The summed E-state index contributed by atoms with van der Waals surface area (Å²) in [5.74, 6) is 0.693. The lowest BCUT2D eigenvalue weighted by Crippen LogP contribution is -2.23. The molecule has 2 rings (SSSR count). The van der Waals surface area contributed by atoms with E-state index in [2.05, 4.69) is 10.3 Å². The molecule has 0 saturated carbocycles. The van der Waals surface area contributed by atoms with Crippen LogP contribution in [0.25, 0.3) is 0 Å². The molecule has 1 saturated heterocycles. The molecular formula is C11H14ClN3O3. The third-order valence-corrected chi connectivity index (χ3v) is 3.15. The van der Waals surface area contributed by atoms with Crippen LogP contribution in [-0.4, -0.2) is 29.7 Å². The average molecular weight is 272 g/mol. The van der Waals surface area contributed by atoms with Crippen molar-refractivity contribution in [2.75, 3.05) is 25.1 Å². The Morgan fingerprint density at radius 3 is 2.89 bits per heavy atom. The quantitative estimate of drug-likeness (QED) is 0.517. The second-order valence-electron chi connectivity index (χ2n) is 4.20. The predicted molar refractivity (Wildman–Crippen MR) is 67.9 cm³/mol. The Labute approximate surface area is 109 Å². The molecule has 6 nitrogen and oxygen atoms in total. The van der Waals surface area contributed by atoms with Crippen molar-refractivity contribution in [3.8, 4) is 0 Å². The molecule has 1 aromatic heterocycles. The summed E-state index contributed by atoms with van der Waals surface area (Å²) >= 11 is 5.75. The molecule has 0 aromatic carbocycles. The van der Waals surface area contributed by atoms with Gasteiger partial charge >= 0.3 is 5.69 Å². The Kier molecular flexibility index (Phi) is 4.33.